The lowest BCUT2D eigenvalue weighted by Gasteiger charge is -2.20. The summed E-state index contributed by atoms with van der Waals surface area (Å²) in [6.45, 7) is 17.7. The molecule has 0 bridgehead atoms. The average Bonchev–Trinajstić information content (AvgIpc) is 2.10. The third kappa shape index (κ3) is 5.71. The van der Waals surface area contributed by atoms with E-state index in [4.69, 9.17) is 0 Å². The zero-order valence-corrected chi connectivity index (χ0v) is 8.35. The lowest BCUT2D eigenvalue weighted by Crippen LogP contribution is -2.19. The van der Waals surface area contributed by atoms with Gasteiger partial charge in [0.2, 0.25) is 0 Å². The van der Waals surface area contributed by atoms with Crippen molar-refractivity contribution in [1.29, 1.82) is 0 Å². The quantitative estimate of drug-likeness (QED) is 0.564. The van der Waals surface area contributed by atoms with Crippen LogP contribution in [0.25, 0.3) is 0 Å². The zero-order chi connectivity index (χ0) is 9.28. The summed E-state index contributed by atoms with van der Waals surface area (Å²) in [6.07, 6.45) is 1.78. The van der Waals surface area contributed by atoms with Gasteiger partial charge in [-0.3, -0.25) is 0 Å². The summed E-state index contributed by atoms with van der Waals surface area (Å²) >= 11 is 0. The molecule has 0 aliphatic rings. The van der Waals surface area contributed by atoms with Gasteiger partial charge in [0, 0.05) is 18.8 Å². The van der Waals surface area contributed by atoms with Crippen molar-refractivity contribution >= 4 is 0 Å². The minimum atomic E-state index is 1.01. The maximum atomic E-state index is 3.82. The molecule has 0 saturated heterocycles. The highest BCUT2D eigenvalue weighted by atomic mass is 15.1. The largest absolute Gasteiger partial charge is 0.373 e. The van der Waals surface area contributed by atoms with Crippen molar-refractivity contribution in [2.45, 2.75) is 27.7 Å². The summed E-state index contributed by atoms with van der Waals surface area (Å²) in [6, 6.07) is 0. The van der Waals surface area contributed by atoms with Crippen molar-refractivity contribution in [3.05, 3.63) is 24.9 Å². The van der Waals surface area contributed by atoms with Crippen LogP contribution in [0.1, 0.15) is 27.7 Å². The van der Waals surface area contributed by atoms with Crippen LogP contribution in [0.15, 0.2) is 24.9 Å². The molecule has 0 aromatic carbocycles. The SMILES string of the molecule is C=CC(=C)N(CC)CC.CC. The molecule has 0 aromatic heterocycles. The summed E-state index contributed by atoms with van der Waals surface area (Å²) in [4.78, 5) is 2.16. The van der Waals surface area contributed by atoms with E-state index < -0.39 is 0 Å². The molecule has 0 aromatic rings. The van der Waals surface area contributed by atoms with E-state index in [1.807, 2.05) is 13.8 Å². The van der Waals surface area contributed by atoms with Crippen LogP contribution in [0.2, 0.25) is 0 Å². The Bertz CT molecular complexity index is 101. The highest BCUT2D eigenvalue weighted by molar-refractivity contribution is 5.09. The zero-order valence-electron chi connectivity index (χ0n) is 8.35. The molecule has 1 nitrogen and oxygen atoms in total. The van der Waals surface area contributed by atoms with Crippen LogP contribution >= 0.6 is 0 Å². The molecule has 0 heterocycles. The van der Waals surface area contributed by atoms with Gasteiger partial charge in [0.05, 0.1) is 0 Å². The van der Waals surface area contributed by atoms with Gasteiger partial charge < -0.3 is 4.90 Å². The summed E-state index contributed by atoms with van der Waals surface area (Å²) < 4.78 is 0. The van der Waals surface area contributed by atoms with Crippen LogP contribution < -0.4 is 0 Å². The first-order valence-corrected chi connectivity index (χ1v) is 4.32. The Balaban J connectivity index is 0. The predicted molar refractivity (Wildman–Crippen MR) is 53.6 cm³/mol. The second kappa shape index (κ2) is 9.28. The van der Waals surface area contributed by atoms with Gasteiger partial charge in [0.1, 0.15) is 0 Å². The molecular formula is C10H21N. The van der Waals surface area contributed by atoms with Gasteiger partial charge in [0.15, 0.2) is 0 Å². The Labute approximate surface area is 71.4 Å². The molecule has 11 heavy (non-hydrogen) atoms. The number of hydrogen-bond donors (Lipinski definition) is 0. The highest BCUT2D eigenvalue weighted by Gasteiger charge is 1.95. The Morgan fingerprint density at radius 2 is 1.64 bits per heavy atom. The number of hydrogen-bond acceptors (Lipinski definition) is 1. The third-order valence-electron chi connectivity index (χ3n) is 1.41. The minimum Gasteiger partial charge on any atom is -0.373 e. The van der Waals surface area contributed by atoms with E-state index in [1.165, 1.54) is 0 Å². The topological polar surface area (TPSA) is 3.24 Å². The fraction of sp³-hybridized carbons (Fsp3) is 0.600. The van der Waals surface area contributed by atoms with E-state index in [0.29, 0.717) is 0 Å². The van der Waals surface area contributed by atoms with Crippen molar-refractivity contribution in [1.82, 2.24) is 4.90 Å². The van der Waals surface area contributed by atoms with Crippen LogP contribution in [0, 0.1) is 0 Å². The molecule has 0 saturated carbocycles. The number of allylic oxidation sites excluding steroid dienone is 1. The summed E-state index contributed by atoms with van der Waals surface area (Å²) in [5, 5.41) is 0. The first kappa shape index (κ1) is 12.9. The lowest BCUT2D eigenvalue weighted by atomic mass is 10.4. The Morgan fingerprint density at radius 3 is 1.73 bits per heavy atom. The fourth-order valence-electron chi connectivity index (χ4n) is 0.759. The van der Waals surface area contributed by atoms with Gasteiger partial charge >= 0.3 is 0 Å². The normalized spacial score (nSPS) is 7.64. The predicted octanol–water partition coefficient (Wildman–Crippen LogP) is 3.05. The van der Waals surface area contributed by atoms with Gasteiger partial charge in [-0.25, -0.2) is 0 Å². The Kier molecular flexibility index (Phi) is 10.9. The van der Waals surface area contributed by atoms with Gasteiger partial charge in [-0.15, -0.1) is 0 Å². The maximum absolute atomic E-state index is 3.82. The summed E-state index contributed by atoms with van der Waals surface area (Å²) in [5.41, 5.74) is 1.01. The molecule has 0 unspecified atom stereocenters. The van der Waals surface area contributed by atoms with Crippen molar-refractivity contribution in [3.8, 4) is 0 Å². The second-order valence-corrected chi connectivity index (χ2v) is 1.87. The number of rotatable bonds is 4. The van der Waals surface area contributed by atoms with E-state index in [9.17, 15) is 0 Å². The van der Waals surface area contributed by atoms with Crippen LogP contribution in [-0.2, 0) is 0 Å². The highest BCUT2D eigenvalue weighted by Crippen LogP contribution is 1.99. The Morgan fingerprint density at radius 1 is 1.27 bits per heavy atom. The monoisotopic (exact) mass is 155 g/mol. The summed E-state index contributed by atoms with van der Waals surface area (Å²) in [7, 11) is 0. The summed E-state index contributed by atoms with van der Waals surface area (Å²) in [5.74, 6) is 0. The van der Waals surface area contributed by atoms with E-state index >= 15 is 0 Å². The van der Waals surface area contributed by atoms with Gasteiger partial charge in [-0.2, -0.15) is 0 Å². The molecule has 0 atom stereocenters. The molecule has 0 N–H and O–H groups in total. The minimum absolute atomic E-state index is 1.01. The lowest BCUT2D eigenvalue weighted by molar-refractivity contribution is 0.396. The molecule has 0 spiro atoms. The Hall–Kier alpha value is -0.720. The molecule has 0 rings (SSSR count). The first-order valence-electron chi connectivity index (χ1n) is 4.32. The molecule has 0 amide bonds. The van der Waals surface area contributed by atoms with Crippen molar-refractivity contribution in [2.75, 3.05) is 13.1 Å². The molecule has 0 aliphatic carbocycles. The van der Waals surface area contributed by atoms with Crippen LogP contribution in [0.5, 0.6) is 0 Å². The number of nitrogens with zero attached hydrogens (tertiary/aromatic N) is 1. The molecule has 0 aliphatic heterocycles. The molecule has 66 valence electrons. The van der Waals surface area contributed by atoms with Crippen molar-refractivity contribution in [2.24, 2.45) is 0 Å². The third-order valence-corrected chi connectivity index (χ3v) is 1.41. The van der Waals surface area contributed by atoms with E-state index in [2.05, 4.69) is 31.9 Å². The van der Waals surface area contributed by atoms with Crippen LogP contribution in [0.3, 0.4) is 0 Å². The molecular weight excluding hydrogens is 134 g/mol. The maximum Gasteiger partial charge on any atom is 0.0286 e. The van der Waals surface area contributed by atoms with Gasteiger partial charge in [-0.05, 0) is 19.9 Å². The second-order valence-electron chi connectivity index (χ2n) is 1.87. The fourth-order valence-corrected chi connectivity index (χ4v) is 0.759. The van der Waals surface area contributed by atoms with Crippen LogP contribution in [0.4, 0.5) is 0 Å². The van der Waals surface area contributed by atoms with E-state index in [1.54, 1.807) is 6.08 Å². The average molecular weight is 155 g/mol. The van der Waals surface area contributed by atoms with E-state index in [-0.39, 0.29) is 0 Å². The number of likely N-dealkylation sites (N-methyl/N-ethyl adjacent to an activating group) is 1. The van der Waals surface area contributed by atoms with Crippen molar-refractivity contribution < 1.29 is 0 Å². The van der Waals surface area contributed by atoms with E-state index in [0.717, 1.165) is 18.8 Å². The van der Waals surface area contributed by atoms with Gasteiger partial charge in [0.25, 0.3) is 0 Å². The molecule has 0 radical (unpaired) electrons. The van der Waals surface area contributed by atoms with Gasteiger partial charge in [-0.1, -0.05) is 27.0 Å². The molecule has 0 fully saturated rings. The van der Waals surface area contributed by atoms with Crippen molar-refractivity contribution in [3.63, 3.8) is 0 Å². The smallest absolute Gasteiger partial charge is 0.0286 e. The molecule has 1 heteroatoms. The van der Waals surface area contributed by atoms with Crippen LogP contribution in [-0.4, -0.2) is 18.0 Å². The first-order chi connectivity index (χ1) is 5.26. The standard InChI is InChI=1S/C8H15N.C2H6/c1-5-8(4)9(6-2)7-3;1-2/h5H,1,4,6-7H2,2-3H3;1-2H3.